The van der Waals surface area contributed by atoms with Crippen LogP contribution in [0.5, 0.6) is 0 Å². The van der Waals surface area contributed by atoms with Gasteiger partial charge >= 0.3 is 0 Å². The van der Waals surface area contributed by atoms with Gasteiger partial charge in [0, 0.05) is 18.4 Å². The predicted molar refractivity (Wildman–Crippen MR) is 67.7 cm³/mol. The molecule has 0 aromatic heterocycles. The van der Waals surface area contributed by atoms with Crippen molar-refractivity contribution >= 4 is 0 Å². The smallest absolute Gasteiger partial charge is 0.248 e. The van der Waals surface area contributed by atoms with E-state index < -0.39 is 5.92 Å². The summed E-state index contributed by atoms with van der Waals surface area (Å²) in [4.78, 5) is 0. The molecule has 1 nitrogen and oxygen atoms in total. The molecule has 0 unspecified atom stereocenters. The standard InChI is InChI=1S/C15H19F2N/c16-15(17)7-5-14(18,6-8-15)13-9-11-3-1-2-4-12(11)10-13/h1-4,13H,5-10,18H2. The number of fused-ring (bicyclic) bond motifs is 1. The van der Waals surface area contributed by atoms with Crippen molar-refractivity contribution in [1.29, 1.82) is 0 Å². The Bertz CT molecular complexity index is 421. The van der Waals surface area contributed by atoms with Crippen LogP contribution in [0.1, 0.15) is 36.8 Å². The molecule has 0 aliphatic heterocycles. The average molecular weight is 251 g/mol. The highest BCUT2D eigenvalue weighted by atomic mass is 19.3. The molecule has 1 aromatic carbocycles. The van der Waals surface area contributed by atoms with Gasteiger partial charge in [-0.2, -0.15) is 0 Å². The highest BCUT2D eigenvalue weighted by molar-refractivity contribution is 5.33. The monoisotopic (exact) mass is 251 g/mol. The van der Waals surface area contributed by atoms with E-state index in [1.165, 1.54) is 11.1 Å². The Morgan fingerprint density at radius 3 is 1.94 bits per heavy atom. The number of hydrogen-bond acceptors (Lipinski definition) is 1. The van der Waals surface area contributed by atoms with Crippen LogP contribution in [0.3, 0.4) is 0 Å². The fourth-order valence-electron chi connectivity index (χ4n) is 3.45. The summed E-state index contributed by atoms with van der Waals surface area (Å²) in [6, 6.07) is 8.35. The molecule has 2 aliphatic rings. The van der Waals surface area contributed by atoms with E-state index in [1.807, 2.05) is 12.1 Å². The van der Waals surface area contributed by atoms with Gasteiger partial charge in [-0.05, 0) is 42.7 Å². The zero-order valence-electron chi connectivity index (χ0n) is 10.5. The van der Waals surface area contributed by atoms with Crippen LogP contribution in [-0.4, -0.2) is 11.5 Å². The van der Waals surface area contributed by atoms with Gasteiger partial charge in [-0.3, -0.25) is 0 Å². The maximum absolute atomic E-state index is 13.2. The molecule has 98 valence electrons. The third-order valence-electron chi connectivity index (χ3n) is 4.78. The van der Waals surface area contributed by atoms with Crippen molar-refractivity contribution in [3.8, 4) is 0 Å². The molecule has 0 bridgehead atoms. The molecule has 0 saturated heterocycles. The average Bonchev–Trinajstić information content (AvgIpc) is 2.78. The zero-order valence-corrected chi connectivity index (χ0v) is 10.5. The van der Waals surface area contributed by atoms with Crippen LogP contribution in [0.25, 0.3) is 0 Å². The van der Waals surface area contributed by atoms with Crippen molar-refractivity contribution in [2.45, 2.75) is 50.0 Å². The summed E-state index contributed by atoms with van der Waals surface area (Å²) in [7, 11) is 0. The van der Waals surface area contributed by atoms with Crippen molar-refractivity contribution in [3.05, 3.63) is 35.4 Å². The van der Waals surface area contributed by atoms with Crippen molar-refractivity contribution in [2.75, 3.05) is 0 Å². The summed E-state index contributed by atoms with van der Waals surface area (Å²) in [5.74, 6) is -2.15. The Labute approximate surface area is 106 Å². The zero-order chi connectivity index (χ0) is 12.8. The molecule has 3 rings (SSSR count). The topological polar surface area (TPSA) is 26.0 Å². The Kier molecular flexibility index (Phi) is 2.70. The Balaban J connectivity index is 1.74. The normalized spacial score (nSPS) is 25.9. The van der Waals surface area contributed by atoms with Crippen LogP contribution < -0.4 is 5.73 Å². The van der Waals surface area contributed by atoms with Crippen molar-refractivity contribution in [1.82, 2.24) is 0 Å². The van der Waals surface area contributed by atoms with Crippen LogP contribution in [0.4, 0.5) is 8.78 Å². The molecule has 2 N–H and O–H groups in total. The summed E-state index contributed by atoms with van der Waals surface area (Å²) < 4.78 is 26.5. The minimum atomic E-state index is -2.49. The molecule has 1 saturated carbocycles. The highest BCUT2D eigenvalue weighted by Gasteiger charge is 2.46. The van der Waals surface area contributed by atoms with Gasteiger partial charge in [0.15, 0.2) is 0 Å². The summed E-state index contributed by atoms with van der Waals surface area (Å²) in [6.07, 6.45) is 2.74. The third kappa shape index (κ3) is 2.05. The summed E-state index contributed by atoms with van der Waals surface area (Å²) in [5, 5.41) is 0. The molecule has 0 amide bonds. The van der Waals surface area contributed by atoms with E-state index in [-0.39, 0.29) is 18.4 Å². The minimum absolute atomic E-state index is 0.0453. The number of halogens is 2. The second kappa shape index (κ2) is 4.02. The van der Waals surface area contributed by atoms with Gasteiger partial charge in [0.1, 0.15) is 0 Å². The van der Waals surface area contributed by atoms with E-state index >= 15 is 0 Å². The van der Waals surface area contributed by atoms with Gasteiger partial charge in [0.05, 0.1) is 0 Å². The maximum Gasteiger partial charge on any atom is 0.248 e. The Morgan fingerprint density at radius 2 is 1.44 bits per heavy atom. The van der Waals surface area contributed by atoms with Gasteiger partial charge in [-0.1, -0.05) is 24.3 Å². The SMILES string of the molecule is NC1(C2Cc3ccccc3C2)CCC(F)(F)CC1. The first kappa shape index (κ1) is 12.1. The van der Waals surface area contributed by atoms with Crippen molar-refractivity contribution in [3.63, 3.8) is 0 Å². The fraction of sp³-hybridized carbons (Fsp3) is 0.600. The molecule has 18 heavy (non-hydrogen) atoms. The maximum atomic E-state index is 13.2. The van der Waals surface area contributed by atoms with Crippen LogP contribution >= 0.6 is 0 Å². The molecule has 0 spiro atoms. The largest absolute Gasteiger partial charge is 0.325 e. The van der Waals surface area contributed by atoms with E-state index in [0.717, 1.165) is 12.8 Å². The first-order valence-electron chi connectivity index (χ1n) is 6.72. The predicted octanol–water partition coefficient (Wildman–Crippen LogP) is 3.31. The summed E-state index contributed by atoms with van der Waals surface area (Å²) >= 11 is 0. The lowest BCUT2D eigenvalue weighted by atomic mass is 9.71. The third-order valence-corrected chi connectivity index (χ3v) is 4.78. The number of nitrogens with two attached hydrogens (primary N) is 1. The van der Waals surface area contributed by atoms with Gasteiger partial charge < -0.3 is 5.73 Å². The molecule has 3 heteroatoms. The van der Waals surface area contributed by atoms with Crippen molar-refractivity contribution in [2.24, 2.45) is 11.7 Å². The van der Waals surface area contributed by atoms with Crippen LogP contribution in [0.15, 0.2) is 24.3 Å². The first-order chi connectivity index (χ1) is 8.49. The van der Waals surface area contributed by atoms with E-state index in [1.54, 1.807) is 0 Å². The molecular formula is C15H19F2N. The Morgan fingerprint density at radius 1 is 0.944 bits per heavy atom. The lowest BCUT2D eigenvalue weighted by molar-refractivity contribution is -0.0580. The van der Waals surface area contributed by atoms with E-state index in [2.05, 4.69) is 12.1 Å². The van der Waals surface area contributed by atoms with Gasteiger partial charge in [-0.25, -0.2) is 8.78 Å². The molecular weight excluding hydrogens is 232 g/mol. The number of hydrogen-bond donors (Lipinski definition) is 1. The lowest BCUT2D eigenvalue weighted by Crippen LogP contribution is -2.52. The van der Waals surface area contributed by atoms with E-state index in [4.69, 9.17) is 5.73 Å². The molecule has 1 fully saturated rings. The van der Waals surface area contributed by atoms with Gasteiger partial charge in [-0.15, -0.1) is 0 Å². The van der Waals surface area contributed by atoms with Crippen LogP contribution in [0, 0.1) is 5.92 Å². The molecule has 0 radical (unpaired) electrons. The fourth-order valence-corrected chi connectivity index (χ4v) is 3.45. The van der Waals surface area contributed by atoms with E-state index in [9.17, 15) is 8.78 Å². The molecule has 1 aromatic rings. The minimum Gasteiger partial charge on any atom is -0.325 e. The van der Waals surface area contributed by atoms with E-state index in [0.29, 0.717) is 18.8 Å². The van der Waals surface area contributed by atoms with Gasteiger partial charge in [0.25, 0.3) is 0 Å². The van der Waals surface area contributed by atoms with Crippen molar-refractivity contribution < 1.29 is 8.78 Å². The number of benzene rings is 1. The molecule has 0 atom stereocenters. The van der Waals surface area contributed by atoms with Gasteiger partial charge in [0.2, 0.25) is 5.92 Å². The second-order valence-electron chi connectivity index (χ2n) is 5.96. The summed E-state index contributed by atoms with van der Waals surface area (Å²) in [6.45, 7) is 0. The van der Waals surface area contributed by atoms with Crippen LogP contribution in [-0.2, 0) is 12.8 Å². The number of alkyl halides is 2. The second-order valence-corrected chi connectivity index (χ2v) is 5.96. The molecule has 0 heterocycles. The summed E-state index contributed by atoms with van der Waals surface area (Å²) in [5.41, 5.74) is 8.75. The lowest BCUT2D eigenvalue weighted by Gasteiger charge is -2.41. The first-order valence-corrected chi connectivity index (χ1v) is 6.72. The highest BCUT2D eigenvalue weighted by Crippen LogP contribution is 2.44. The van der Waals surface area contributed by atoms with Crippen LogP contribution in [0.2, 0.25) is 0 Å². The quantitative estimate of drug-likeness (QED) is 0.814. The Hall–Kier alpha value is -0.960. The molecule has 2 aliphatic carbocycles. The number of rotatable bonds is 1.